The molecule has 0 spiro atoms. The number of ether oxygens (including phenoxy) is 1. The summed E-state index contributed by atoms with van der Waals surface area (Å²) in [6.07, 6.45) is 4.18. The van der Waals surface area contributed by atoms with E-state index >= 15 is 0 Å². The molecule has 0 aromatic heterocycles. The summed E-state index contributed by atoms with van der Waals surface area (Å²) in [5, 5.41) is 3.41. The second-order valence-corrected chi connectivity index (χ2v) is 6.92. The van der Waals surface area contributed by atoms with Crippen LogP contribution in [0, 0.1) is 25.7 Å². The van der Waals surface area contributed by atoms with E-state index in [0.717, 1.165) is 18.4 Å². The molecule has 1 aromatic carbocycles. The highest BCUT2D eigenvalue weighted by molar-refractivity contribution is 5.32. The Kier molecular flexibility index (Phi) is 5.83. The van der Waals surface area contributed by atoms with Crippen molar-refractivity contribution >= 4 is 0 Å². The molecule has 1 N–H and O–H groups in total. The fourth-order valence-electron chi connectivity index (χ4n) is 3.43. The Morgan fingerprint density at radius 1 is 1.19 bits per heavy atom. The van der Waals surface area contributed by atoms with Gasteiger partial charge in [-0.15, -0.1) is 0 Å². The van der Waals surface area contributed by atoms with Crippen molar-refractivity contribution in [2.75, 3.05) is 13.7 Å². The Labute approximate surface area is 130 Å². The molecule has 1 aromatic rings. The Morgan fingerprint density at radius 2 is 1.95 bits per heavy atom. The Bertz CT molecular complexity index is 457. The summed E-state index contributed by atoms with van der Waals surface area (Å²) in [6.45, 7) is 9.84. The molecular weight excluding hydrogens is 258 g/mol. The van der Waals surface area contributed by atoms with Crippen LogP contribution in [0.2, 0.25) is 0 Å². The lowest BCUT2D eigenvalue weighted by atomic mass is 9.80. The molecule has 0 aliphatic heterocycles. The van der Waals surface area contributed by atoms with Gasteiger partial charge < -0.3 is 10.1 Å². The average molecular weight is 289 g/mol. The van der Waals surface area contributed by atoms with Crippen molar-refractivity contribution in [2.24, 2.45) is 11.8 Å². The molecule has 118 valence electrons. The third kappa shape index (κ3) is 4.31. The van der Waals surface area contributed by atoms with Crippen LogP contribution in [-0.2, 0) is 4.74 Å². The topological polar surface area (TPSA) is 21.3 Å². The highest BCUT2D eigenvalue weighted by Gasteiger charge is 2.25. The van der Waals surface area contributed by atoms with E-state index in [0.29, 0.717) is 12.1 Å². The largest absolute Gasteiger partial charge is 0.376 e. The third-order valence-corrected chi connectivity index (χ3v) is 5.20. The second kappa shape index (κ2) is 7.42. The van der Waals surface area contributed by atoms with Crippen LogP contribution in [0.25, 0.3) is 0 Å². The molecule has 0 radical (unpaired) electrons. The minimum atomic E-state index is 0.292. The molecule has 1 fully saturated rings. The zero-order chi connectivity index (χ0) is 15.4. The monoisotopic (exact) mass is 289 g/mol. The fourth-order valence-corrected chi connectivity index (χ4v) is 3.43. The van der Waals surface area contributed by atoms with Crippen molar-refractivity contribution in [1.82, 2.24) is 5.32 Å². The van der Waals surface area contributed by atoms with Gasteiger partial charge in [-0.25, -0.2) is 0 Å². The molecule has 21 heavy (non-hydrogen) atoms. The van der Waals surface area contributed by atoms with Gasteiger partial charge in [0.1, 0.15) is 0 Å². The summed E-state index contributed by atoms with van der Waals surface area (Å²) in [7, 11) is 2.03. The van der Waals surface area contributed by atoms with Crippen molar-refractivity contribution in [3.8, 4) is 0 Å². The standard InChI is InChI=1S/C19H31NO/c1-13-6-9-18(16(4)10-13)19(20-5)12-21-17-8-7-14(2)15(3)11-17/h6,9-10,14-15,17,19-20H,7-8,11-12H2,1-5H3. The number of hydrogen-bond acceptors (Lipinski definition) is 2. The second-order valence-electron chi connectivity index (χ2n) is 6.92. The third-order valence-electron chi connectivity index (χ3n) is 5.20. The van der Waals surface area contributed by atoms with Gasteiger partial charge in [0.15, 0.2) is 0 Å². The summed E-state index contributed by atoms with van der Waals surface area (Å²) < 4.78 is 6.23. The summed E-state index contributed by atoms with van der Waals surface area (Å²) >= 11 is 0. The molecule has 2 rings (SSSR count). The van der Waals surface area contributed by atoms with Gasteiger partial charge in [0, 0.05) is 0 Å². The molecule has 1 aliphatic rings. The van der Waals surface area contributed by atoms with Gasteiger partial charge >= 0.3 is 0 Å². The molecule has 0 saturated heterocycles. The smallest absolute Gasteiger partial charge is 0.0665 e. The molecule has 4 atom stereocenters. The number of likely N-dealkylation sites (N-methyl/N-ethyl adjacent to an activating group) is 1. The van der Waals surface area contributed by atoms with Crippen LogP contribution in [0.4, 0.5) is 0 Å². The molecule has 1 aliphatic carbocycles. The van der Waals surface area contributed by atoms with Gasteiger partial charge in [-0.05, 0) is 63.1 Å². The van der Waals surface area contributed by atoms with E-state index < -0.39 is 0 Å². The number of aryl methyl sites for hydroxylation is 2. The van der Waals surface area contributed by atoms with Gasteiger partial charge in [0.05, 0.1) is 18.8 Å². The Hall–Kier alpha value is -0.860. The fraction of sp³-hybridized carbons (Fsp3) is 0.684. The number of rotatable bonds is 5. The normalized spacial score (nSPS) is 27.6. The van der Waals surface area contributed by atoms with Crippen LogP contribution >= 0.6 is 0 Å². The zero-order valence-corrected chi connectivity index (χ0v) is 14.3. The van der Waals surface area contributed by atoms with E-state index in [1.54, 1.807) is 0 Å². The maximum atomic E-state index is 6.23. The average Bonchev–Trinajstić information content (AvgIpc) is 2.45. The molecule has 1 saturated carbocycles. The SMILES string of the molecule is CNC(COC1CCC(C)C(C)C1)c1ccc(C)cc1C. The molecule has 0 bridgehead atoms. The number of nitrogens with one attached hydrogen (secondary N) is 1. The van der Waals surface area contributed by atoms with E-state index in [1.165, 1.54) is 36.0 Å². The minimum absolute atomic E-state index is 0.292. The molecule has 4 unspecified atom stereocenters. The summed E-state index contributed by atoms with van der Waals surface area (Å²) in [4.78, 5) is 0. The lowest BCUT2D eigenvalue weighted by molar-refractivity contribution is -0.00689. The zero-order valence-electron chi connectivity index (χ0n) is 14.3. The molecule has 2 nitrogen and oxygen atoms in total. The van der Waals surface area contributed by atoms with Gasteiger partial charge in [-0.1, -0.05) is 37.6 Å². The highest BCUT2D eigenvalue weighted by atomic mass is 16.5. The Morgan fingerprint density at radius 3 is 2.57 bits per heavy atom. The van der Waals surface area contributed by atoms with Crippen molar-refractivity contribution in [2.45, 2.75) is 59.1 Å². The van der Waals surface area contributed by atoms with Gasteiger partial charge in [-0.2, -0.15) is 0 Å². The summed E-state index contributed by atoms with van der Waals surface area (Å²) in [5.74, 6) is 1.64. The van der Waals surface area contributed by atoms with E-state index in [2.05, 4.69) is 51.2 Å². The van der Waals surface area contributed by atoms with Crippen molar-refractivity contribution in [3.63, 3.8) is 0 Å². The maximum Gasteiger partial charge on any atom is 0.0665 e. The predicted octanol–water partition coefficient (Wildman–Crippen LogP) is 4.41. The van der Waals surface area contributed by atoms with Crippen LogP contribution < -0.4 is 5.32 Å². The van der Waals surface area contributed by atoms with Gasteiger partial charge in [-0.3, -0.25) is 0 Å². The number of hydrogen-bond donors (Lipinski definition) is 1. The quantitative estimate of drug-likeness (QED) is 0.867. The van der Waals surface area contributed by atoms with Crippen LogP contribution in [-0.4, -0.2) is 19.8 Å². The van der Waals surface area contributed by atoms with Gasteiger partial charge in [0.2, 0.25) is 0 Å². The van der Waals surface area contributed by atoms with E-state index in [-0.39, 0.29) is 0 Å². The first kappa shape index (κ1) is 16.5. The first-order valence-electron chi connectivity index (χ1n) is 8.37. The van der Waals surface area contributed by atoms with E-state index in [1.807, 2.05) is 7.05 Å². The van der Waals surface area contributed by atoms with Gasteiger partial charge in [0.25, 0.3) is 0 Å². The van der Waals surface area contributed by atoms with Crippen LogP contribution in [0.15, 0.2) is 18.2 Å². The predicted molar refractivity (Wildman–Crippen MR) is 89.6 cm³/mol. The molecular formula is C19H31NO. The van der Waals surface area contributed by atoms with Crippen molar-refractivity contribution < 1.29 is 4.74 Å². The van der Waals surface area contributed by atoms with Crippen molar-refractivity contribution in [3.05, 3.63) is 34.9 Å². The van der Waals surface area contributed by atoms with Crippen molar-refractivity contribution in [1.29, 1.82) is 0 Å². The first-order valence-corrected chi connectivity index (χ1v) is 8.37. The number of benzene rings is 1. The van der Waals surface area contributed by atoms with Crippen LogP contribution in [0.3, 0.4) is 0 Å². The minimum Gasteiger partial charge on any atom is -0.376 e. The van der Waals surface area contributed by atoms with Crippen LogP contribution in [0.1, 0.15) is 55.8 Å². The lowest BCUT2D eigenvalue weighted by Gasteiger charge is -2.33. The Balaban J connectivity index is 1.93. The molecule has 0 heterocycles. The van der Waals surface area contributed by atoms with Crippen LogP contribution in [0.5, 0.6) is 0 Å². The molecule has 0 amide bonds. The first-order chi connectivity index (χ1) is 10.0. The van der Waals surface area contributed by atoms with E-state index in [9.17, 15) is 0 Å². The molecule has 2 heteroatoms. The summed E-state index contributed by atoms with van der Waals surface area (Å²) in [5.41, 5.74) is 4.03. The maximum absolute atomic E-state index is 6.23. The lowest BCUT2D eigenvalue weighted by Crippen LogP contribution is -2.30. The highest BCUT2D eigenvalue weighted by Crippen LogP contribution is 2.31. The summed E-state index contributed by atoms with van der Waals surface area (Å²) in [6, 6.07) is 6.97. The van der Waals surface area contributed by atoms with E-state index in [4.69, 9.17) is 4.74 Å².